The van der Waals surface area contributed by atoms with Crippen LogP contribution >= 0.6 is 0 Å². The maximum absolute atomic E-state index is 11.2. The van der Waals surface area contributed by atoms with Crippen molar-refractivity contribution < 1.29 is 19.1 Å². The number of aryl methyl sites for hydroxylation is 1. The van der Waals surface area contributed by atoms with E-state index in [1.807, 2.05) is 0 Å². The van der Waals surface area contributed by atoms with Crippen molar-refractivity contribution in [3.05, 3.63) is 23.2 Å². The summed E-state index contributed by atoms with van der Waals surface area (Å²) in [6.07, 6.45) is 0. The molecule has 1 aromatic rings. The smallest absolute Gasteiger partial charge is 0.341 e. The van der Waals surface area contributed by atoms with Crippen LogP contribution in [0.1, 0.15) is 27.9 Å². The van der Waals surface area contributed by atoms with E-state index in [1.54, 1.807) is 6.92 Å². The molecule has 0 unspecified atom stereocenters. The average Bonchev–Trinajstić information content (AvgIpc) is 2.58. The van der Waals surface area contributed by atoms with Crippen LogP contribution in [0.25, 0.3) is 0 Å². The first kappa shape index (κ1) is 10.7. The normalized spacial score (nSPS) is 12.6. The lowest BCUT2D eigenvalue weighted by Gasteiger charge is -2.01. The van der Waals surface area contributed by atoms with Crippen LogP contribution in [-0.2, 0) is 4.74 Å². The number of carbonyl (C=O) groups is 1. The molecule has 1 aromatic heterocycles. The summed E-state index contributed by atoms with van der Waals surface area (Å²) in [6, 6.07) is 0.884. The van der Waals surface area contributed by atoms with Crippen molar-refractivity contribution >= 4 is 5.97 Å². The van der Waals surface area contributed by atoms with Crippen molar-refractivity contribution in [2.45, 2.75) is 13.0 Å². The molecule has 0 aliphatic heterocycles. The summed E-state index contributed by atoms with van der Waals surface area (Å²) in [5, 5.41) is 8.78. The summed E-state index contributed by atoms with van der Waals surface area (Å²) in [4.78, 5) is 11.2. The number of hydrogen-bond acceptors (Lipinski definition) is 5. The van der Waals surface area contributed by atoms with Gasteiger partial charge >= 0.3 is 5.97 Å². The van der Waals surface area contributed by atoms with Gasteiger partial charge in [0, 0.05) is 0 Å². The number of carbonyl (C=O) groups excluding carboxylic acids is 1. The van der Waals surface area contributed by atoms with Crippen LogP contribution in [0.2, 0.25) is 0 Å². The third-order valence-electron chi connectivity index (χ3n) is 1.90. The first-order chi connectivity index (χ1) is 6.60. The highest BCUT2D eigenvalue weighted by atomic mass is 16.5. The van der Waals surface area contributed by atoms with E-state index in [9.17, 15) is 4.79 Å². The van der Waals surface area contributed by atoms with E-state index in [0.29, 0.717) is 17.1 Å². The van der Waals surface area contributed by atoms with Gasteiger partial charge in [0.25, 0.3) is 0 Å². The van der Waals surface area contributed by atoms with Crippen LogP contribution in [0.15, 0.2) is 10.5 Å². The molecule has 0 fully saturated rings. The number of methoxy groups -OCH3 is 1. The van der Waals surface area contributed by atoms with Crippen LogP contribution in [0, 0.1) is 6.92 Å². The fraction of sp³-hybridized carbons (Fsp3) is 0.444. The fourth-order valence-corrected chi connectivity index (χ4v) is 1.09. The third kappa shape index (κ3) is 1.94. The van der Waals surface area contributed by atoms with Crippen molar-refractivity contribution in [2.75, 3.05) is 13.7 Å². The van der Waals surface area contributed by atoms with Gasteiger partial charge in [-0.3, -0.25) is 0 Å². The second-order valence-electron chi connectivity index (χ2n) is 2.90. The van der Waals surface area contributed by atoms with Crippen molar-refractivity contribution in [1.82, 2.24) is 0 Å². The Hall–Kier alpha value is -1.33. The molecule has 78 valence electrons. The largest absolute Gasteiger partial charge is 0.465 e. The minimum atomic E-state index is -0.605. The Bertz CT molecular complexity index is 332. The summed E-state index contributed by atoms with van der Waals surface area (Å²) >= 11 is 0. The molecule has 0 radical (unpaired) electrons. The van der Waals surface area contributed by atoms with E-state index in [0.717, 1.165) is 0 Å². The van der Waals surface area contributed by atoms with E-state index in [4.69, 9.17) is 15.3 Å². The number of rotatable bonds is 3. The number of hydrogen-bond donors (Lipinski definition) is 2. The van der Waals surface area contributed by atoms with Gasteiger partial charge in [0.15, 0.2) is 0 Å². The molecular weight excluding hydrogens is 186 g/mol. The number of furan rings is 1. The van der Waals surface area contributed by atoms with Gasteiger partial charge in [0.2, 0.25) is 0 Å². The van der Waals surface area contributed by atoms with Crippen molar-refractivity contribution in [1.29, 1.82) is 0 Å². The number of aliphatic hydroxyl groups is 1. The Morgan fingerprint density at radius 3 is 2.93 bits per heavy atom. The van der Waals surface area contributed by atoms with Gasteiger partial charge in [-0.1, -0.05) is 0 Å². The standard InChI is InChI=1S/C9H13NO4/c1-5-6(9(12)13-2)3-8(14-5)7(10)4-11/h3,7,11H,4,10H2,1-2H3/t7-/m0/s1. The number of nitrogens with two attached hydrogens (primary N) is 1. The summed E-state index contributed by atoms with van der Waals surface area (Å²) < 4.78 is 9.75. The van der Waals surface area contributed by atoms with Crippen molar-refractivity contribution in [3.63, 3.8) is 0 Å². The van der Waals surface area contributed by atoms with Crippen molar-refractivity contribution in [2.24, 2.45) is 5.73 Å². The molecule has 5 nitrogen and oxygen atoms in total. The van der Waals surface area contributed by atoms with Crippen LogP contribution in [-0.4, -0.2) is 24.8 Å². The molecule has 0 aromatic carbocycles. The van der Waals surface area contributed by atoms with Gasteiger partial charge in [0.05, 0.1) is 19.8 Å². The molecule has 3 N–H and O–H groups in total. The van der Waals surface area contributed by atoms with Gasteiger partial charge in [0.1, 0.15) is 17.1 Å². The molecule has 1 rings (SSSR count). The molecule has 0 spiro atoms. The molecule has 1 heterocycles. The minimum absolute atomic E-state index is 0.229. The molecule has 1 atom stereocenters. The SMILES string of the molecule is COC(=O)c1cc([C@@H](N)CO)oc1C. The highest BCUT2D eigenvalue weighted by Crippen LogP contribution is 2.19. The van der Waals surface area contributed by atoms with E-state index in [-0.39, 0.29) is 6.61 Å². The Kier molecular flexibility index (Phi) is 3.27. The molecule has 5 heteroatoms. The maximum Gasteiger partial charge on any atom is 0.341 e. The van der Waals surface area contributed by atoms with Crippen LogP contribution in [0.5, 0.6) is 0 Å². The summed E-state index contributed by atoms with van der Waals surface area (Å²) in [5.74, 6) is 0.351. The lowest BCUT2D eigenvalue weighted by Crippen LogP contribution is -2.13. The van der Waals surface area contributed by atoms with E-state index in [1.165, 1.54) is 13.2 Å². The molecule has 0 amide bonds. The molecule has 0 aliphatic rings. The van der Waals surface area contributed by atoms with Gasteiger partial charge in [-0.2, -0.15) is 0 Å². The highest BCUT2D eigenvalue weighted by molar-refractivity contribution is 5.90. The fourth-order valence-electron chi connectivity index (χ4n) is 1.09. The van der Waals surface area contributed by atoms with E-state index in [2.05, 4.69) is 4.74 Å². The third-order valence-corrected chi connectivity index (χ3v) is 1.90. The molecule has 0 aliphatic carbocycles. The van der Waals surface area contributed by atoms with Gasteiger partial charge in [-0.15, -0.1) is 0 Å². The average molecular weight is 199 g/mol. The Balaban J connectivity index is 2.98. The minimum Gasteiger partial charge on any atom is -0.465 e. The monoisotopic (exact) mass is 199 g/mol. The molecule has 0 saturated heterocycles. The quantitative estimate of drug-likeness (QED) is 0.687. The van der Waals surface area contributed by atoms with Crippen LogP contribution in [0.4, 0.5) is 0 Å². The maximum atomic E-state index is 11.2. The highest BCUT2D eigenvalue weighted by Gasteiger charge is 2.18. The first-order valence-electron chi connectivity index (χ1n) is 4.15. The van der Waals surface area contributed by atoms with Gasteiger partial charge in [-0.25, -0.2) is 4.79 Å². The summed E-state index contributed by atoms with van der Waals surface area (Å²) in [5.41, 5.74) is 5.86. The zero-order valence-corrected chi connectivity index (χ0v) is 8.11. The zero-order chi connectivity index (χ0) is 10.7. The second-order valence-corrected chi connectivity index (χ2v) is 2.90. The van der Waals surface area contributed by atoms with Crippen LogP contribution < -0.4 is 5.73 Å². The molecule has 0 saturated carbocycles. The Morgan fingerprint density at radius 2 is 2.43 bits per heavy atom. The second kappa shape index (κ2) is 4.26. The lowest BCUT2D eigenvalue weighted by molar-refractivity contribution is 0.0599. The Morgan fingerprint density at radius 1 is 1.79 bits per heavy atom. The summed E-state index contributed by atoms with van der Waals surface area (Å²) in [6.45, 7) is 1.41. The van der Waals surface area contributed by atoms with E-state index >= 15 is 0 Å². The number of aliphatic hydroxyl groups excluding tert-OH is 1. The molecular formula is C9H13NO4. The van der Waals surface area contributed by atoms with E-state index < -0.39 is 12.0 Å². The molecule has 0 bridgehead atoms. The number of ether oxygens (including phenoxy) is 1. The topological polar surface area (TPSA) is 85.7 Å². The predicted octanol–water partition coefficient (Wildman–Crippen LogP) is 0.367. The predicted molar refractivity (Wildman–Crippen MR) is 48.8 cm³/mol. The first-order valence-corrected chi connectivity index (χ1v) is 4.15. The lowest BCUT2D eigenvalue weighted by atomic mass is 10.2. The van der Waals surface area contributed by atoms with Gasteiger partial charge in [-0.05, 0) is 13.0 Å². The zero-order valence-electron chi connectivity index (χ0n) is 8.11. The molecule has 14 heavy (non-hydrogen) atoms. The summed E-state index contributed by atoms with van der Waals surface area (Å²) in [7, 11) is 1.29. The van der Waals surface area contributed by atoms with Crippen LogP contribution in [0.3, 0.4) is 0 Å². The van der Waals surface area contributed by atoms with Crippen molar-refractivity contribution in [3.8, 4) is 0 Å². The Labute approximate surface area is 81.5 Å². The van der Waals surface area contributed by atoms with Gasteiger partial charge < -0.3 is 20.0 Å². The number of esters is 1.